The number of unbranched alkanes of at least 4 members (excludes halogenated alkanes) is 3. The van der Waals surface area contributed by atoms with E-state index in [0.29, 0.717) is 35.7 Å². The van der Waals surface area contributed by atoms with Gasteiger partial charge in [0.15, 0.2) is 0 Å². The van der Waals surface area contributed by atoms with Crippen LogP contribution in [0.1, 0.15) is 53.6 Å². The van der Waals surface area contributed by atoms with Crippen LogP contribution in [0.2, 0.25) is 0 Å². The Balaban J connectivity index is 1.38. The molecule has 0 atom stereocenters. The van der Waals surface area contributed by atoms with Crippen molar-refractivity contribution in [1.29, 1.82) is 5.26 Å². The fourth-order valence-corrected chi connectivity index (χ4v) is 3.76. The second-order valence-corrected chi connectivity index (χ2v) is 9.41. The van der Waals surface area contributed by atoms with Crippen LogP contribution in [-0.4, -0.2) is 31.8 Å². The largest absolute Gasteiger partial charge is 0.494 e. The molecule has 43 heavy (non-hydrogen) atoms. The van der Waals surface area contributed by atoms with Gasteiger partial charge in [0, 0.05) is 30.3 Å². The number of hydrogen-bond acceptors (Lipinski definition) is 9. The number of nitrogens with zero attached hydrogens (tertiary/aromatic N) is 1. The van der Waals surface area contributed by atoms with E-state index in [1.807, 2.05) is 0 Å². The van der Waals surface area contributed by atoms with Crippen LogP contribution in [0.3, 0.4) is 0 Å². The third-order valence-electron chi connectivity index (χ3n) is 5.91. The maximum absolute atomic E-state index is 14.7. The lowest BCUT2D eigenvalue weighted by molar-refractivity contribution is -0.185. The van der Waals surface area contributed by atoms with Gasteiger partial charge in [-0.15, -0.1) is 0 Å². The molecule has 0 aliphatic carbocycles. The van der Waals surface area contributed by atoms with E-state index in [-0.39, 0.29) is 36.5 Å². The van der Waals surface area contributed by atoms with Crippen molar-refractivity contribution < 1.29 is 37.3 Å². The minimum Gasteiger partial charge on any atom is -0.494 e. The fourth-order valence-electron chi connectivity index (χ4n) is 3.76. The third-order valence-corrected chi connectivity index (χ3v) is 5.91. The van der Waals surface area contributed by atoms with Crippen molar-refractivity contribution in [3.05, 3.63) is 89.5 Å². The highest BCUT2D eigenvalue weighted by Crippen LogP contribution is 2.32. The molecule has 4 N–H and O–H groups in total. The number of rotatable bonds is 16. The Kier molecular flexibility index (Phi) is 12.3. The molecule has 9 nitrogen and oxygen atoms in total. The van der Waals surface area contributed by atoms with Gasteiger partial charge in [0.05, 0.1) is 37.0 Å². The molecule has 0 bridgehead atoms. The summed E-state index contributed by atoms with van der Waals surface area (Å²) in [5.74, 6) is -0.793. The Bertz CT molecular complexity index is 1400. The number of halogens is 2. The molecule has 11 heteroatoms. The number of carbonyl (C=O) groups excluding carboxylic acids is 2. The molecule has 0 radical (unpaired) electrons. The van der Waals surface area contributed by atoms with Gasteiger partial charge in [-0.05, 0) is 85.5 Å². The number of benzene rings is 3. The normalized spacial score (nSPS) is 11.1. The standard InChI is InChI=1S/C32H33F2N3O6/c33-32(34,25-9-13-28(14-10-25)40-17-4-2-1-3-16-35)43-29-11-6-23(7-12-29)8-15-30(38)41-18-5-19-42-31(39)24-20-26(36)22-27(37)21-24/h6-15,20-22H,1-5,17-19,36-37H2. The summed E-state index contributed by atoms with van der Waals surface area (Å²) in [6.45, 7) is 0.489. The first-order valence-corrected chi connectivity index (χ1v) is 13.6. The highest BCUT2D eigenvalue weighted by atomic mass is 19.3. The Labute approximate surface area is 248 Å². The van der Waals surface area contributed by atoms with Crippen LogP contribution in [0.4, 0.5) is 20.2 Å². The van der Waals surface area contributed by atoms with Crippen molar-refractivity contribution in [2.45, 2.75) is 38.2 Å². The molecule has 3 aromatic rings. The molecule has 0 amide bonds. The lowest BCUT2D eigenvalue weighted by Gasteiger charge is -2.18. The molecule has 226 valence electrons. The lowest BCUT2D eigenvalue weighted by Crippen LogP contribution is -2.21. The van der Waals surface area contributed by atoms with Crippen LogP contribution >= 0.6 is 0 Å². The van der Waals surface area contributed by atoms with Gasteiger partial charge in [-0.3, -0.25) is 0 Å². The average molecular weight is 594 g/mol. The van der Waals surface area contributed by atoms with Crippen molar-refractivity contribution in [3.8, 4) is 17.6 Å². The van der Waals surface area contributed by atoms with E-state index in [1.54, 1.807) is 0 Å². The number of hydrogen-bond donors (Lipinski definition) is 2. The highest BCUT2D eigenvalue weighted by Gasteiger charge is 2.34. The van der Waals surface area contributed by atoms with E-state index in [1.165, 1.54) is 78.9 Å². The van der Waals surface area contributed by atoms with Crippen molar-refractivity contribution >= 4 is 29.4 Å². The molecule has 0 unspecified atom stereocenters. The van der Waals surface area contributed by atoms with Gasteiger partial charge >= 0.3 is 18.0 Å². The van der Waals surface area contributed by atoms with E-state index in [9.17, 15) is 18.4 Å². The van der Waals surface area contributed by atoms with E-state index in [4.69, 9.17) is 35.7 Å². The molecule has 0 aromatic heterocycles. The predicted molar refractivity (Wildman–Crippen MR) is 157 cm³/mol. The fraction of sp³-hybridized carbons (Fsp3) is 0.281. The van der Waals surface area contributed by atoms with Gasteiger partial charge < -0.3 is 30.4 Å². The maximum atomic E-state index is 14.7. The van der Waals surface area contributed by atoms with E-state index in [2.05, 4.69) is 6.07 Å². The molecule has 0 aliphatic heterocycles. The molecular formula is C32H33F2N3O6. The zero-order chi connectivity index (χ0) is 31.1. The van der Waals surface area contributed by atoms with Crippen molar-refractivity contribution in [2.24, 2.45) is 0 Å². The number of nitrogens with two attached hydrogens (primary N) is 2. The summed E-state index contributed by atoms with van der Waals surface area (Å²) in [5.41, 5.74) is 12.5. The molecule has 0 aliphatic rings. The van der Waals surface area contributed by atoms with Crippen LogP contribution in [0.15, 0.2) is 72.8 Å². The van der Waals surface area contributed by atoms with Crippen LogP contribution < -0.4 is 20.9 Å². The molecule has 3 rings (SSSR count). The van der Waals surface area contributed by atoms with Crippen LogP contribution in [-0.2, 0) is 20.4 Å². The highest BCUT2D eigenvalue weighted by molar-refractivity contribution is 5.91. The first kappa shape index (κ1) is 32.4. The van der Waals surface area contributed by atoms with E-state index < -0.39 is 18.0 Å². The van der Waals surface area contributed by atoms with Gasteiger partial charge in [0.25, 0.3) is 0 Å². The predicted octanol–water partition coefficient (Wildman–Crippen LogP) is 6.25. The summed E-state index contributed by atoms with van der Waals surface area (Å²) < 4.78 is 50.0. The smallest absolute Gasteiger partial charge is 0.426 e. The molecule has 0 fully saturated rings. The second kappa shape index (κ2) is 16.4. The molecule has 0 saturated carbocycles. The van der Waals surface area contributed by atoms with Gasteiger partial charge in [0.2, 0.25) is 0 Å². The molecular weight excluding hydrogens is 560 g/mol. The summed E-state index contributed by atoms with van der Waals surface area (Å²) in [7, 11) is 0. The number of anilines is 2. The molecule has 0 heterocycles. The first-order chi connectivity index (χ1) is 20.7. The van der Waals surface area contributed by atoms with Crippen molar-refractivity contribution in [2.75, 3.05) is 31.3 Å². The number of ether oxygens (including phenoxy) is 4. The zero-order valence-corrected chi connectivity index (χ0v) is 23.5. The van der Waals surface area contributed by atoms with Gasteiger partial charge in [0.1, 0.15) is 11.5 Å². The minimum atomic E-state index is -3.58. The minimum absolute atomic E-state index is 0.0217. The Hall–Kier alpha value is -5.11. The summed E-state index contributed by atoms with van der Waals surface area (Å²) in [6, 6.07) is 17.7. The summed E-state index contributed by atoms with van der Waals surface area (Å²) in [6.07, 6.45) is 2.31. The summed E-state index contributed by atoms with van der Waals surface area (Å²) in [5, 5.41) is 8.53. The SMILES string of the molecule is N#CCCCCCOc1ccc(C(F)(F)Oc2ccc(C=CC(=O)OCCCOC(=O)c3cc(N)cc(N)c3)cc2)cc1. The molecule has 0 spiro atoms. The first-order valence-electron chi connectivity index (χ1n) is 13.6. The monoisotopic (exact) mass is 593 g/mol. The third kappa shape index (κ3) is 11.4. The van der Waals surface area contributed by atoms with Crippen LogP contribution in [0.5, 0.6) is 11.5 Å². The number of nitrogen functional groups attached to an aromatic ring is 2. The molecule has 0 saturated heterocycles. The Morgan fingerprint density at radius 1 is 0.814 bits per heavy atom. The Morgan fingerprint density at radius 3 is 2.14 bits per heavy atom. The van der Waals surface area contributed by atoms with E-state index >= 15 is 0 Å². The second-order valence-electron chi connectivity index (χ2n) is 9.41. The van der Waals surface area contributed by atoms with Gasteiger partial charge in [-0.25, -0.2) is 9.59 Å². The number of alkyl halides is 2. The lowest BCUT2D eigenvalue weighted by atomic mass is 10.2. The van der Waals surface area contributed by atoms with Crippen molar-refractivity contribution in [1.82, 2.24) is 0 Å². The van der Waals surface area contributed by atoms with Crippen molar-refractivity contribution in [3.63, 3.8) is 0 Å². The van der Waals surface area contributed by atoms with Crippen LogP contribution in [0, 0.1) is 11.3 Å². The quantitative estimate of drug-likeness (QED) is 0.0852. The average Bonchev–Trinajstić information content (AvgIpc) is 2.98. The van der Waals surface area contributed by atoms with Gasteiger partial charge in [-0.2, -0.15) is 14.0 Å². The summed E-state index contributed by atoms with van der Waals surface area (Å²) >= 11 is 0. The number of carbonyl (C=O) groups is 2. The molecule has 3 aromatic carbocycles. The Morgan fingerprint density at radius 2 is 1.47 bits per heavy atom. The topological polar surface area (TPSA) is 147 Å². The zero-order valence-electron chi connectivity index (χ0n) is 23.5. The summed E-state index contributed by atoms with van der Waals surface area (Å²) in [4.78, 5) is 24.0. The maximum Gasteiger partial charge on any atom is 0.426 e. The number of nitriles is 1. The number of esters is 2. The van der Waals surface area contributed by atoms with E-state index in [0.717, 1.165) is 19.3 Å². The van der Waals surface area contributed by atoms with Gasteiger partial charge in [-0.1, -0.05) is 12.1 Å². The van der Waals surface area contributed by atoms with Crippen LogP contribution in [0.25, 0.3) is 6.08 Å².